The van der Waals surface area contributed by atoms with E-state index < -0.39 is 6.43 Å². The van der Waals surface area contributed by atoms with Gasteiger partial charge in [-0.1, -0.05) is 0 Å². The van der Waals surface area contributed by atoms with E-state index in [1.807, 2.05) is 0 Å². The Morgan fingerprint density at radius 3 is 2.69 bits per heavy atom. The second-order valence-electron chi connectivity index (χ2n) is 2.25. The van der Waals surface area contributed by atoms with Crippen molar-refractivity contribution in [1.29, 1.82) is 0 Å². The molecule has 1 aromatic heterocycles. The Balaban J connectivity index is 3.22. The Kier molecular flexibility index (Phi) is 3.23. The van der Waals surface area contributed by atoms with Gasteiger partial charge in [0.2, 0.25) is 0 Å². The van der Waals surface area contributed by atoms with Gasteiger partial charge in [0, 0.05) is 6.07 Å². The minimum Gasteiger partial charge on any atom is -0.494 e. The molecular weight excluding hydrogens is 293 g/mol. The molecule has 0 aliphatic carbocycles. The van der Waals surface area contributed by atoms with E-state index in [2.05, 4.69) is 4.98 Å². The summed E-state index contributed by atoms with van der Waals surface area (Å²) in [5.41, 5.74) is 5.48. The monoisotopic (exact) mass is 300 g/mol. The van der Waals surface area contributed by atoms with Gasteiger partial charge in [-0.15, -0.1) is 0 Å². The molecule has 0 aliphatic heterocycles. The fourth-order valence-corrected chi connectivity index (χ4v) is 1.34. The minimum absolute atomic E-state index is 0.231. The first-order valence-corrected chi connectivity index (χ1v) is 4.42. The summed E-state index contributed by atoms with van der Waals surface area (Å²) >= 11 is 1.78. The van der Waals surface area contributed by atoms with Gasteiger partial charge < -0.3 is 10.5 Å². The second-order valence-corrected chi connectivity index (χ2v) is 3.28. The van der Waals surface area contributed by atoms with Gasteiger partial charge in [0.05, 0.1) is 7.11 Å². The summed E-state index contributed by atoms with van der Waals surface area (Å²) in [6.07, 6.45) is -2.61. The molecule has 0 saturated heterocycles. The Morgan fingerprint density at radius 2 is 2.23 bits per heavy atom. The number of nitrogens with zero attached hydrogens (tertiary/aromatic N) is 1. The summed E-state index contributed by atoms with van der Waals surface area (Å²) < 4.78 is 29.6. The summed E-state index contributed by atoms with van der Waals surface area (Å²) in [7, 11) is 1.37. The van der Waals surface area contributed by atoms with Gasteiger partial charge in [0.15, 0.2) is 0 Å². The van der Waals surface area contributed by atoms with Crippen LogP contribution in [-0.4, -0.2) is 12.1 Å². The minimum atomic E-state index is -2.61. The van der Waals surface area contributed by atoms with Gasteiger partial charge in [0.25, 0.3) is 6.43 Å². The zero-order valence-electron chi connectivity index (χ0n) is 6.72. The van der Waals surface area contributed by atoms with Gasteiger partial charge in [-0.05, 0) is 22.6 Å². The molecule has 3 nitrogen and oxygen atoms in total. The molecule has 0 amide bonds. The maximum absolute atomic E-state index is 12.2. The summed E-state index contributed by atoms with van der Waals surface area (Å²) in [6, 6.07) is 1.14. The van der Waals surface area contributed by atoms with Gasteiger partial charge in [-0.2, -0.15) is 0 Å². The van der Waals surface area contributed by atoms with Crippen LogP contribution in [0.3, 0.4) is 0 Å². The number of aromatic nitrogens is 1. The van der Waals surface area contributed by atoms with Crippen LogP contribution >= 0.6 is 22.6 Å². The van der Waals surface area contributed by atoms with Gasteiger partial charge in [-0.3, -0.25) is 0 Å². The number of anilines is 1. The van der Waals surface area contributed by atoms with E-state index in [1.165, 1.54) is 7.11 Å². The Hall–Kier alpha value is -0.660. The van der Waals surface area contributed by atoms with Crippen LogP contribution in [0, 0.1) is 3.70 Å². The first-order chi connectivity index (χ1) is 6.06. The molecule has 0 spiro atoms. The molecule has 0 atom stereocenters. The molecule has 1 aromatic rings. The third kappa shape index (κ3) is 2.17. The van der Waals surface area contributed by atoms with Crippen molar-refractivity contribution >= 4 is 28.3 Å². The molecule has 0 aromatic carbocycles. The average Bonchev–Trinajstić information content (AvgIpc) is 2.09. The highest BCUT2D eigenvalue weighted by Gasteiger charge is 2.14. The van der Waals surface area contributed by atoms with Crippen molar-refractivity contribution in [2.24, 2.45) is 0 Å². The summed E-state index contributed by atoms with van der Waals surface area (Å²) in [4.78, 5) is 3.61. The van der Waals surface area contributed by atoms with Gasteiger partial charge in [-0.25, -0.2) is 13.8 Å². The zero-order chi connectivity index (χ0) is 10.0. The topological polar surface area (TPSA) is 48.1 Å². The van der Waals surface area contributed by atoms with Crippen molar-refractivity contribution in [3.05, 3.63) is 15.5 Å². The number of halogens is 3. The molecule has 0 unspecified atom stereocenters. The quantitative estimate of drug-likeness (QED) is 0.673. The summed E-state index contributed by atoms with van der Waals surface area (Å²) in [5, 5.41) is 0. The van der Waals surface area contributed by atoms with Crippen LogP contribution in [0.15, 0.2) is 6.07 Å². The Bertz CT molecular complexity index is 320. The highest BCUT2D eigenvalue weighted by Crippen LogP contribution is 2.29. The molecule has 1 heterocycles. The standard InChI is InChI=1S/C7H7F2IN2O/c1-13-4-2-3(6(8)9)12-7(10)5(4)11/h2,6H,11H2,1H3. The largest absolute Gasteiger partial charge is 0.494 e. The van der Waals surface area contributed by atoms with E-state index in [0.29, 0.717) is 3.70 Å². The highest BCUT2D eigenvalue weighted by atomic mass is 127. The number of pyridine rings is 1. The molecule has 0 fully saturated rings. The first kappa shape index (κ1) is 10.4. The smallest absolute Gasteiger partial charge is 0.280 e. The van der Waals surface area contributed by atoms with E-state index in [0.717, 1.165) is 6.07 Å². The second kappa shape index (κ2) is 4.03. The zero-order valence-corrected chi connectivity index (χ0v) is 8.88. The van der Waals surface area contributed by atoms with Gasteiger partial charge >= 0.3 is 0 Å². The summed E-state index contributed by atoms with van der Waals surface area (Å²) in [6.45, 7) is 0. The number of methoxy groups -OCH3 is 1. The maximum Gasteiger partial charge on any atom is 0.280 e. The molecule has 2 N–H and O–H groups in total. The van der Waals surface area contributed by atoms with E-state index in [-0.39, 0.29) is 17.1 Å². The lowest BCUT2D eigenvalue weighted by Gasteiger charge is -2.07. The number of alkyl halides is 2. The lowest BCUT2D eigenvalue weighted by molar-refractivity contribution is 0.145. The molecule has 0 radical (unpaired) electrons. The molecule has 0 saturated carbocycles. The number of ether oxygens (including phenoxy) is 1. The van der Waals surface area contributed by atoms with E-state index in [9.17, 15) is 8.78 Å². The van der Waals surface area contributed by atoms with Crippen molar-refractivity contribution in [3.8, 4) is 5.75 Å². The lowest BCUT2D eigenvalue weighted by Crippen LogP contribution is -2.01. The van der Waals surface area contributed by atoms with E-state index >= 15 is 0 Å². The number of hydrogen-bond acceptors (Lipinski definition) is 3. The van der Waals surface area contributed by atoms with Crippen molar-refractivity contribution < 1.29 is 13.5 Å². The fourth-order valence-electron chi connectivity index (χ4n) is 0.800. The molecule has 6 heteroatoms. The number of nitrogens with two attached hydrogens (primary N) is 1. The van der Waals surface area contributed by atoms with Crippen LogP contribution in [0.4, 0.5) is 14.5 Å². The molecule has 0 bridgehead atoms. The van der Waals surface area contributed by atoms with Crippen molar-refractivity contribution in [2.75, 3.05) is 12.8 Å². The van der Waals surface area contributed by atoms with Gasteiger partial charge in [0.1, 0.15) is 20.8 Å². The number of hydrogen-bond donors (Lipinski definition) is 1. The fraction of sp³-hybridized carbons (Fsp3) is 0.286. The van der Waals surface area contributed by atoms with Crippen LogP contribution in [0.25, 0.3) is 0 Å². The van der Waals surface area contributed by atoms with Crippen LogP contribution in [0.5, 0.6) is 5.75 Å². The SMILES string of the molecule is COc1cc(C(F)F)nc(I)c1N. The van der Waals surface area contributed by atoms with E-state index in [1.54, 1.807) is 22.6 Å². The first-order valence-electron chi connectivity index (χ1n) is 3.34. The Morgan fingerprint density at radius 1 is 1.62 bits per heavy atom. The van der Waals surface area contributed by atoms with Crippen LogP contribution < -0.4 is 10.5 Å². The highest BCUT2D eigenvalue weighted by molar-refractivity contribution is 14.1. The predicted molar refractivity (Wildman–Crippen MR) is 52.9 cm³/mol. The van der Waals surface area contributed by atoms with Crippen molar-refractivity contribution in [1.82, 2.24) is 4.98 Å². The molecule has 0 aliphatic rings. The summed E-state index contributed by atoms with van der Waals surface area (Å²) in [5.74, 6) is 0.231. The van der Waals surface area contributed by atoms with Crippen molar-refractivity contribution in [2.45, 2.75) is 6.43 Å². The maximum atomic E-state index is 12.2. The third-order valence-corrected chi connectivity index (χ3v) is 2.26. The van der Waals surface area contributed by atoms with Crippen molar-refractivity contribution in [3.63, 3.8) is 0 Å². The van der Waals surface area contributed by atoms with E-state index in [4.69, 9.17) is 10.5 Å². The van der Waals surface area contributed by atoms with Crippen LogP contribution in [0.1, 0.15) is 12.1 Å². The molecular formula is C7H7F2IN2O. The normalized spacial score (nSPS) is 10.5. The molecule has 13 heavy (non-hydrogen) atoms. The Labute approximate surface area is 87.4 Å². The predicted octanol–water partition coefficient (Wildman–Crippen LogP) is 2.21. The molecule has 72 valence electrons. The lowest BCUT2D eigenvalue weighted by atomic mass is 10.3. The van der Waals surface area contributed by atoms with Crippen LogP contribution in [0.2, 0.25) is 0 Å². The van der Waals surface area contributed by atoms with Crippen LogP contribution in [-0.2, 0) is 0 Å². The molecule has 1 rings (SSSR count). The number of rotatable bonds is 2. The number of nitrogen functional groups attached to an aromatic ring is 1. The average molecular weight is 300 g/mol. The third-order valence-electron chi connectivity index (χ3n) is 1.44.